The van der Waals surface area contributed by atoms with E-state index in [0.29, 0.717) is 15.4 Å². The van der Waals surface area contributed by atoms with Gasteiger partial charge in [0.05, 0.1) is 4.92 Å². The third kappa shape index (κ3) is 3.52. The number of nitro groups is 1. The van der Waals surface area contributed by atoms with Crippen LogP contribution in [-0.2, 0) is 0 Å². The molecule has 1 unspecified atom stereocenters. The largest absolute Gasteiger partial charge is 0.338 e. The van der Waals surface area contributed by atoms with Gasteiger partial charge in [0, 0.05) is 40.6 Å². The second kappa shape index (κ2) is 6.29. The van der Waals surface area contributed by atoms with Crippen molar-refractivity contribution in [1.82, 2.24) is 4.90 Å². The number of non-ortho nitro benzene ring substituents is 1. The quantitative estimate of drug-likeness (QED) is 0.458. The molecule has 18 heavy (non-hydrogen) atoms. The molecule has 98 valence electrons. The molecule has 0 heterocycles. The molecule has 0 fully saturated rings. The second-order valence-electron chi connectivity index (χ2n) is 3.87. The van der Waals surface area contributed by atoms with Crippen molar-refractivity contribution in [2.75, 3.05) is 12.4 Å². The van der Waals surface area contributed by atoms with Gasteiger partial charge in [0.15, 0.2) is 0 Å². The molecule has 0 aliphatic heterocycles. The highest BCUT2D eigenvalue weighted by Crippen LogP contribution is 2.22. The van der Waals surface area contributed by atoms with Crippen LogP contribution in [0.25, 0.3) is 0 Å². The van der Waals surface area contributed by atoms with E-state index in [-0.39, 0.29) is 17.6 Å². The molecule has 1 aromatic rings. The van der Waals surface area contributed by atoms with Gasteiger partial charge in [-0.1, -0.05) is 31.9 Å². The van der Waals surface area contributed by atoms with Crippen LogP contribution in [0.3, 0.4) is 0 Å². The van der Waals surface area contributed by atoms with Crippen molar-refractivity contribution < 1.29 is 9.72 Å². The molecule has 0 bridgehead atoms. The number of hydrogen-bond acceptors (Lipinski definition) is 3. The van der Waals surface area contributed by atoms with E-state index in [0.717, 1.165) is 0 Å². The minimum absolute atomic E-state index is 0.00976. The van der Waals surface area contributed by atoms with Crippen LogP contribution < -0.4 is 0 Å². The van der Waals surface area contributed by atoms with Crippen molar-refractivity contribution in [2.24, 2.45) is 0 Å². The van der Waals surface area contributed by atoms with Gasteiger partial charge in [-0.2, -0.15) is 0 Å². The number of amides is 1. The van der Waals surface area contributed by atoms with Crippen LogP contribution in [0.15, 0.2) is 22.7 Å². The topological polar surface area (TPSA) is 63.5 Å². The summed E-state index contributed by atoms with van der Waals surface area (Å²) in [5.74, 6) is -0.244. The van der Waals surface area contributed by atoms with Crippen LogP contribution in [0.2, 0.25) is 0 Å². The van der Waals surface area contributed by atoms with Gasteiger partial charge in [0.2, 0.25) is 0 Å². The SMILES string of the molecule is CC(CBr)N(C)C(=O)c1cc(Br)cc([N+](=O)[O-])c1. The maximum Gasteiger partial charge on any atom is 0.271 e. The van der Waals surface area contributed by atoms with Gasteiger partial charge >= 0.3 is 0 Å². The first-order valence-corrected chi connectivity index (χ1v) is 7.06. The maximum absolute atomic E-state index is 12.1. The van der Waals surface area contributed by atoms with Crippen LogP contribution in [0.4, 0.5) is 5.69 Å². The average molecular weight is 380 g/mol. The van der Waals surface area contributed by atoms with E-state index in [1.165, 1.54) is 12.1 Å². The van der Waals surface area contributed by atoms with Crippen molar-refractivity contribution in [1.29, 1.82) is 0 Å². The van der Waals surface area contributed by atoms with Crippen LogP contribution in [0, 0.1) is 10.1 Å². The highest BCUT2D eigenvalue weighted by molar-refractivity contribution is 9.10. The molecule has 7 heteroatoms. The molecule has 1 atom stereocenters. The van der Waals surface area contributed by atoms with Crippen molar-refractivity contribution in [3.8, 4) is 0 Å². The van der Waals surface area contributed by atoms with Gasteiger partial charge in [-0.05, 0) is 13.0 Å². The van der Waals surface area contributed by atoms with Gasteiger partial charge in [0.1, 0.15) is 0 Å². The molecule has 0 aliphatic carbocycles. The number of hydrogen-bond donors (Lipinski definition) is 0. The first-order chi connectivity index (χ1) is 8.36. The number of nitrogens with zero attached hydrogens (tertiary/aromatic N) is 2. The molecule has 5 nitrogen and oxygen atoms in total. The maximum atomic E-state index is 12.1. The fourth-order valence-electron chi connectivity index (χ4n) is 1.31. The van der Waals surface area contributed by atoms with Gasteiger partial charge in [-0.15, -0.1) is 0 Å². The van der Waals surface area contributed by atoms with E-state index in [9.17, 15) is 14.9 Å². The normalized spacial score (nSPS) is 12.0. The number of nitro benzene ring substituents is 1. The first-order valence-electron chi connectivity index (χ1n) is 5.15. The third-order valence-electron chi connectivity index (χ3n) is 2.55. The zero-order valence-corrected chi connectivity index (χ0v) is 13.1. The summed E-state index contributed by atoms with van der Waals surface area (Å²) in [4.78, 5) is 23.9. The minimum atomic E-state index is -0.518. The Morgan fingerprint density at radius 3 is 2.61 bits per heavy atom. The van der Waals surface area contributed by atoms with Crippen LogP contribution in [0.1, 0.15) is 17.3 Å². The van der Waals surface area contributed by atoms with Crippen molar-refractivity contribution in [3.63, 3.8) is 0 Å². The standard InChI is InChI=1S/C11H12Br2N2O3/c1-7(6-12)14(2)11(16)8-3-9(13)5-10(4-8)15(17)18/h3-5,7H,6H2,1-2H3. The smallest absolute Gasteiger partial charge is 0.271 e. The number of rotatable bonds is 4. The summed E-state index contributed by atoms with van der Waals surface area (Å²) in [5, 5.41) is 11.4. The highest BCUT2D eigenvalue weighted by atomic mass is 79.9. The van der Waals surface area contributed by atoms with Crippen LogP contribution in [0.5, 0.6) is 0 Å². The molecule has 0 spiro atoms. The Kier molecular flexibility index (Phi) is 5.28. The number of halogens is 2. The predicted octanol–water partition coefficient (Wildman–Crippen LogP) is 3.21. The van der Waals surface area contributed by atoms with E-state index < -0.39 is 4.92 Å². The van der Waals surface area contributed by atoms with E-state index in [1.807, 2.05) is 6.92 Å². The Hall–Kier alpha value is -0.950. The molecule has 1 rings (SSSR count). The van der Waals surface area contributed by atoms with Gasteiger partial charge in [-0.25, -0.2) is 0 Å². The lowest BCUT2D eigenvalue weighted by molar-refractivity contribution is -0.385. The Morgan fingerprint density at radius 1 is 1.50 bits per heavy atom. The molecule has 0 aromatic heterocycles. The lowest BCUT2D eigenvalue weighted by Gasteiger charge is -2.23. The lowest BCUT2D eigenvalue weighted by atomic mass is 10.1. The molecular formula is C11H12Br2N2O3. The summed E-state index contributed by atoms with van der Waals surface area (Å²) < 4.78 is 0.514. The summed E-state index contributed by atoms with van der Waals surface area (Å²) in [6.07, 6.45) is 0. The molecule has 0 N–H and O–H groups in total. The number of alkyl halides is 1. The average Bonchev–Trinajstić information content (AvgIpc) is 2.35. The van der Waals surface area contributed by atoms with Crippen molar-refractivity contribution >= 4 is 43.5 Å². The Labute approximate surface area is 122 Å². The zero-order valence-electron chi connectivity index (χ0n) is 9.89. The number of carbonyl (C=O) groups excluding carboxylic acids is 1. The van der Waals surface area contributed by atoms with E-state index >= 15 is 0 Å². The first kappa shape index (κ1) is 15.1. The fourth-order valence-corrected chi connectivity index (χ4v) is 2.23. The Balaban J connectivity index is 3.09. The van der Waals surface area contributed by atoms with Crippen molar-refractivity contribution in [3.05, 3.63) is 38.3 Å². The molecule has 0 aliphatic rings. The summed E-state index contributed by atoms with van der Waals surface area (Å²) in [7, 11) is 1.67. The zero-order chi connectivity index (χ0) is 13.9. The summed E-state index contributed by atoms with van der Waals surface area (Å²) >= 11 is 6.47. The number of carbonyl (C=O) groups is 1. The monoisotopic (exact) mass is 378 g/mol. The number of benzene rings is 1. The molecule has 1 amide bonds. The van der Waals surface area contributed by atoms with E-state index in [4.69, 9.17) is 0 Å². The lowest BCUT2D eigenvalue weighted by Crippen LogP contribution is -2.36. The van der Waals surface area contributed by atoms with Crippen LogP contribution in [-0.4, -0.2) is 34.2 Å². The molecule has 0 radical (unpaired) electrons. The van der Waals surface area contributed by atoms with Crippen molar-refractivity contribution in [2.45, 2.75) is 13.0 Å². The van der Waals surface area contributed by atoms with Crippen LogP contribution >= 0.6 is 31.9 Å². The molecule has 0 saturated heterocycles. The summed E-state index contributed by atoms with van der Waals surface area (Å²) in [5.41, 5.74) is 0.194. The molecule has 1 aromatic carbocycles. The minimum Gasteiger partial charge on any atom is -0.338 e. The fraction of sp³-hybridized carbons (Fsp3) is 0.364. The highest BCUT2D eigenvalue weighted by Gasteiger charge is 2.19. The molecule has 0 saturated carbocycles. The Bertz CT molecular complexity index is 479. The predicted molar refractivity (Wildman–Crippen MR) is 76.1 cm³/mol. The van der Waals surface area contributed by atoms with Gasteiger partial charge in [0.25, 0.3) is 11.6 Å². The van der Waals surface area contributed by atoms with E-state index in [1.54, 1.807) is 18.0 Å². The second-order valence-corrected chi connectivity index (χ2v) is 5.44. The van der Waals surface area contributed by atoms with Gasteiger partial charge in [-0.3, -0.25) is 14.9 Å². The summed E-state index contributed by atoms with van der Waals surface area (Å²) in [6.45, 7) is 1.89. The summed E-state index contributed by atoms with van der Waals surface area (Å²) in [6, 6.07) is 4.23. The van der Waals surface area contributed by atoms with Gasteiger partial charge < -0.3 is 4.90 Å². The molecular weight excluding hydrogens is 368 g/mol. The Morgan fingerprint density at radius 2 is 2.11 bits per heavy atom. The van der Waals surface area contributed by atoms with E-state index in [2.05, 4.69) is 31.9 Å². The third-order valence-corrected chi connectivity index (χ3v) is 3.94.